The number of rotatable bonds is 5. The van der Waals surface area contributed by atoms with E-state index in [9.17, 15) is 0 Å². The summed E-state index contributed by atoms with van der Waals surface area (Å²) < 4.78 is 2.84. The van der Waals surface area contributed by atoms with Gasteiger partial charge in [0.1, 0.15) is 0 Å². The van der Waals surface area contributed by atoms with Gasteiger partial charge < -0.3 is 0 Å². The van der Waals surface area contributed by atoms with Crippen LogP contribution in [0.15, 0.2) is 134 Å². The van der Waals surface area contributed by atoms with Crippen LogP contribution in [0.4, 0.5) is 0 Å². The van der Waals surface area contributed by atoms with E-state index in [1.165, 1.54) is 30.4 Å². The first kappa shape index (κ1) is 32.1. The Balaban J connectivity index is 0.000000183. The van der Waals surface area contributed by atoms with Crippen molar-refractivity contribution in [1.29, 1.82) is 0 Å². The summed E-state index contributed by atoms with van der Waals surface area (Å²) in [5.74, 6) is 0. The van der Waals surface area contributed by atoms with E-state index in [-0.39, 0.29) is 28.5 Å². The van der Waals surface area contributed by atoms with E-state index in [0.29, 0.717) is 0 Å². The van der Waals surface area contributed by atoms with E-state index in [1.54, 1.807) is 0 Å². The van der Waals surface area contributed by atoms with Crippen LogP contribution in [-0.2, 0) is 28.5 Å². The Hall–Kier alpha value is -4.31. The average Bonchev–Trinajstić information content (AvgIpc) is 3.06. The molecule has 0 fully saturated rings. The molecule has 229 valence electrons. The quantitative estimate of drug-likeness (QED) is 0.177. The summed E-state index contributed by atoms with van der Waals surface area (Å²) >= 11 is -0.328. The van der Waals surface area contributed by atoms with Gasteiger partial charge in [-0.15, -0.1) is 0 Å². The zero-order valence-corrected chi connectivity index (χ0v) is 29.2. The van der Waals surface area contributed by atoms with E-state index in [0.717, 1.165) is 22.8 Å². The van der Waals surface area contributed by atoms with Crippen molar-refractivity contribution in [1.82, 2.24) is 19.9 Å². The Bertz CT molecular complexity index is 1670. The average molecular weight is 769 g/mol. The number of hydrogen-bond acceptors (Lipinski definition) is 4. The van der Waals surface area contributed by atoms with Crippen LogP contribution in [0.2, 0.25) is 0 Å². The van der Waals surface area contributed by atoms with Gasteiger partial charge in [0.2, 0.25) is 0 Å². The van der Waals surface area contributed by atoms with Crippen LogP contribution < -0.4 is 8.15 Å². The molecule has 0 amide bonds. The van der Waals surface area contributed by atoms with Crippen LogP contribution in [-0.4, -0.2) is 19.9 Å². The summed E-state index contributed by atoms with van der Waals surface area (Å²) in [5.41, 5.74) is 9.09. The molecule has 0 N–H and O–H groups in total. The summed E-state index contributed by atoms with van der Waals surface area (Å²) in [5, 5.41) is 0. The molecule has 0 aliphatic rings. The molecule has 45 heavy (non-hydrogen) atoms. The predicted octanol–water partition coefficient (Wildman–Crippen LogP) is 8.58. The van der Waals surface area contributed by atoms with Crippen LogP contribution in [0.25, 0.3) is 33.9 Å². The zero-order valence-electron chi connectivity index (χ0n) is 26.8. The third-order valence-corrected chi connectivity index (χ3v) is 10.3. The molecule has 4 heterocycles. The summed E-state index contributed by atoms with van der Waals surface area (Å²) in [7, 11) is 0. The van der Waals surface area contributed by atoms with Crippen LogP contribution in [0, 0.1) is 0 Å². The van der Waals surface area contributed by atoms with E-state index in [2.05, 4.69) is 134 Å². The molecule has 0 aliphatic carbocycles. The molecule has 6 aromatic rings. The van der Waals surface area contributed by atoms with Gasteiger partial charge in [-0.3, -0.25) is 9.97 Å². The van der Waals surface area contributed by atoms with Gasteiger partial charge in [0.25, 0.3) is 0 Å². The van der Waals surface area contributed by atoms with Crippen LogP contribution >= 0.6 is 0 Å². The van der Waals surface area contributed by atoms with Gasteiger partial charge in [-0.25, -0.2) is 0 Å². The van der Waals surface area contributed by atoms with Crippen LogP contribution in [0.3, 0.4) is 0 Å². The Labute approximate surface area is 276 Å². The maximum atomic E-state index is 4.48. The molecular formula is C40H40IrN4. The molecule has 6 rings (SSSR count). The molecule has 0 saturated carbocycles. The second-order valence-electron chi connectivity index (χ2n) is 12.8. The van der Waals surface area contributed by atoms with Gasteiger partial charge in [0.05, 0.1) is 11.4 Å². The number of aromatic nitrogens is 4. The molecule has 4 nitrogen and oxygen atoms in total. The molecule has 5 heteroatoms. The van der Waals surface area contributed by atoms with E-state index >= 15 is 0 Å². The normalized spacial score (nSPS) is 11.5. The second-order valence-corrected chi connectivity index (χ2v) is 16.2. The molecule has 4 aromatic heterocycles. The number of hydrogen-bond donors (Lipinski definition) is 0. The van der Waals surface area contributed by atoms with Crippen molar-refractivity contribution in [3.63, 3.8) is 0 Å². The minimum atomic E-state index is -0.328. The van der Waals surface area contributed by atoms with Crippen LogP contribution in [0.1, 0.15) is 52.7 Å². The molecular weight excluding hydrogens is 729 g/mol. The molecule has 0 bridgehead atoms. The van der Waals surface area contributed by atoms with Gasteiger partial charge in [-0.05, 0) is 46.2 Å². The van der Waals surface area contributed by atoms with Crippen molar-refractivity contribution in [2.24, 2.45) is 0 Å². The topological polar surface area (TPSA) is 51.6 Å². The predicted molar refractivity (Wildman–Crippen MR) is 183 cm³/mol. The Kier molecular flexibility index (Phi) is 10.1. The first-order valence-electron chi connectivity index (χ1n) is 15.1. The first-order chi connectivity index (χ1) is 21.6. The fourth-order valence-corrected chi connectivity index (χ4v) is 6.99. The zero-order chi connectivity index (χ0) is 31.9. The Morgan fingerprint density at radius 2 is 0.778 bits per heavy atom. The van der Waals surface area contributed by atoms with Crippen molar-refractivity contribution in [3.05, 3.63) is 145 Å². The molecule has 2 aromatic carbocycles. The number of nitrogens with zero attached hydrogens (tertiary/aromatic N) is 4. The molecule has 0 aliphatic heterocycles. The summed E-state index contributed by atoms with van der Waals surface area (Å²) in [6, 6.07) is 38.1. The molecule has 0 atom stereocenters. The SMILES string of the molecule is CC(C)(C)c1ccnc(-c2cc(C(C)(C)C)ccn2)c1.c1ccc(-c2cc[c]([Ir][c]3ccc(-c4ccccn4)cc3)cc2)nc1. The monoisotopic (exact) mass is 769 g/mol. The molecule has 0 saturated heterocycles. The van der Waals surface area contributed by atoms with Crippen molar-refractivity contribution in [2.45, 2.75) is 52.4 Å². The molecule has 0 spiro atoms. The van der Waals surface area contributed by atoms with Gasteiger partial charge in [0, 0.05) is 12.4 Å². The Morgan fingerprint density at radius 3 is 1.11 bits per heavy atom. The van der Waals surface area contributed by atoms with Crippen molar-refractivity contribution < 1.29 is 17.7 Å². The van der Waals surface area contributed by atoms with Crippen LogP contribution in [0.5, 0.6) is 0 Å². The summed E-state index contributed by atoms with van der Waals surface area (Å²) in [4.78, 5) is 17.8. The van der Waals surface area contributed by atoms with Gasteiger partial charge >= 0.3 is 156 Å². The van der Waals surface area contributed by atoms with Crippen molar-refractivity contribution in [2.75, 3.05) is 0 Å². The second kappa shape index (κ2) is 14.2. The summed E-state index contributed by atoms with van der Waals surface area (Å²) in [6.07, 6.45) is 7.42. The van der Waals surface area contributed by atoms with Crippen molar-refractivity contribution in [3.8, 4) is 33.9 Å². The fraction of sp³-hybridized carbons (Fsp3) is 0.200. The third kappa shape index (κ3) is 8.88. The van der Waals surface area contributed by atoms with Crippen molar-refractivity contribution >= 4 is 8.15 Å². The van der Waals surface area contributed by atoms with Gasteiger partial charge in [0.15, 0.2) is 0 Å². The molecule has 0 unspecified atom stereocenters. The Morgan fingerprint density at radius 1 is 0.400 bits per heavy atom. The standard InChI is InChI=1S/C18H24N2.2C11H8N.Ir/c1-17(2,3)13-7-9-19-15(11-13)16-12-14(8-10-20-16)18(4,5)6;2*1-2-6-10(7-3-1)11-8-4-5-9-12-11;/h7-12H,1-6H3;2*2-9H;. The number of pyridine rings is 4. The number of benzene rings is 2. The fourth-order valence-electron chi connectivity index (χ4n) is 4.59. The van der Waals surface area contributed by atoms with E-state index < -0.39 is 0 Å². The minimum absolute atomic E-state index is 0.124. The van der Waals surface area contributed by atoms with Gasteiger partial charge in [-0.2, -0.15) is 0 Å². The maximum absolute atomic E-state index is 4.48. The summed E-state index contributed by atoms with van der Waals surface area (Å²) in [6.45, 7) is 13.3. The van der Waals surface area contributed by atoms with Gasteiger partial charge in [-0.1, -0.05) is 41.5 Å². The van der Waals surface area contributed by atoms with E-state index in [4.69, 9.17) is 0 Å². The molecule has 0 radical (unpaired) electrons. The first-order valence-corrected chi connectivity index (χ1v) is 17.5. The third-order valence-electron chi connectivity index (χ3n) is 7.29. The van der Waals surface area contributed by atoms with E-state index in [1.807, 2.05) is 61.2 Å².